The zero-order valence-corrected chi connectivity index (χ0v) is 11.3. The number of aliphatic carboxylic acids is 1. The average Bonchev–Trinajstić information content (AvgIpc) is 2.95. The first kappa shape index (κ1) is 13.7. The highest BCUT2D eigenvalue weighted by molar-refractivity contribution is 7.15. The highest BCUT2D eigenvalue weighted by Crippen LogP contribution is 2.22. The van der Waals surface area contributed by atoms with E-state index in [9.17, 15) is 9.59 Å². The van der Waals surface area contributed by atoms with Crippen molar-refractivity contribution < 1.29 is 19.4 Å². The van der Waals surface area contributed by atoms with Crippen LogP contribution in [0.5, 0.6) is 0 Å². The van der Waals surface area contributed by atoms with Crippen molar-refractivity contribution in [1.82, 2.24) is 15.1 Å². The van der Waals surface area contributed by atoms with E-state index in [1.807, 2.05) is 0 Å². The van der Waals surface area contributed by atoms with E-state index in [1.54, 1.807) is 6.92 Å². The second kappa shape index (κ2) is 5.49. The molecule has 1 aromatic rings. The van der Waals surface area contributed by atoms with Gasteiger partial charge in [-0.3, -0.25) is 5.32 Å². The van der Waals surface area contributed by atoms with Crippen LogP contribution in [0.15, 0.2) is 0 Å². The predicted octanol–water partition coefficient (Wildman–Crippen LogP) is 0.552. The van der Waals surface area contributed by atoms with Crippen LogP contribution in [-0.4, -0.2) is 58.0 Å². The van der Waals surface area contributed by atoms with Gasteiger partial charge in [-0.05, 0) is 6.92 Å². The minimum Gasteiger partial charge on any atom is -0.480 e. The van der Waals surface area contributed by atoms with E-state index in [0.29, 0.717) is 5.13 Å². The Labute approximate surface area is 113 Å². The van der Waals surface area contributed by atoms with Gasteiger partial charge >= 0.3 is 12.0 Å². The summed E-state index contributed by atoms with van der Waals surface area (Å²) in [5, 5.41) is 20.3. The molecule has 104 valence electrons. The minimum atomic E-state index is -1.04. The molecule has 2 rings (SSSR count). The molecule has 0 bridgehead atoms. The number of ether oxygens (including phenoxy) is 1. The molecule has 1 fully saturated rings. The van der Waals surface area contributed by atoms with E-state index >= 15 is 0 Å². The maximum absolute atomic E-state index is 12.0. The Morgan fingerprint density at radius 1 is 1.53 bits per heavy atom. The summed E-state index contributed by atoms with van der Waals surface area (Å²) >= 11 is 1.23. The molecule has 2 N–H and O–H groups in total. The summed E-state index contributed by atoms with van der Waals surface area (Å²) in [6, 6.07) is -1.37. The van der Waals surface area contributed by atoms with Gasteiger partial charge in [-0.2, -0.15) is 0 Å². The van der Waals surface area contributed by atoms with Crippen LogP contribution in [0, 0.1) is 6.92 Å². The van der Waals surface area contributed by atoms with Crippen LogP contribution < -0.4 is 5.32 Å². The number of hydrogen-bond acceptors (Lipinski definition) is 6. The molecule has 0 spiro atoms. The molecule has 1 aliphatic rings. The van der Waals surface area contributed by atoms with Gasteiger partial charge in [-0.15, -0.1) is 10.2 Å². The molecule has 2 heterocycles. The van der Waals surface area contributed by atoms with Crippen LogP contribution in [0.3, 0.4) is 0 Å². The molecule has 8 nitrogen and oxygen atoms in total. The summed E-state index contributed by atoms with van der Waals surface area (Å²) < 4.78 is 5.12. The van der Waals surface area contributed by atoms with Gasteiger partial charge in [-0.25, -0.2) is 9.59 Å². The highest BCUT2D eigenvalue weighted by atomic mass is 32.1. The Bertz CT molecular complexity index is 492. The van der Waals surface area contributed by atoms with E-state index < -0.39 is 18.0 Å². The Balaban J connectivity index is 2.06. The molecule has 1 saturated heterocycles. The molecule has 0 aromatic carbocycles. The number of carbonyl (C=O) groups excluding carboxylic acids is 1. The summed E-state index contributed by atoms with van der Waals surface area (Å²) in [6.45, 7) is 2.02. The highest BCUT2D eigenvalue weighted by Gasteiger charge is 2.40. The monoisotopic (exact) mass is 286 g/mol. The number of anilines is 1. The zero-order valence-electron chi connectivity index (χ0n) is 10.5. The Kier molecular flexibility index (Phi) is 3.96. The second-order valence-electron chi connectivity index (χ2n) is 4.16. The molecular formula is C10H14N4O4S. The molecule has 2 atom stereocenters. The molecule has 0 saturated carbocycles. The number of nitrogens with one attached hydrogen (secondary N) is 1. The molecule has 19 heavy (non-hydrogen) atoms. The van der Waals surface area contributed by atoms with Crippen molar-refractivity contribution in [2.24, 2.45) is 0 Å². The second-order valence-corrected chi connectivity index (χ2v) is 5.34. The number of carbonyl (C=O) groups is 2. The van der Waals surface area contributed by atoms with Crippen molar-refractivity contribution in [2.75, 3.05) is 19.0 Å². The largest absolute Gasteiger partial charge is 0.480 e. The Hall–Kier alpha value is -1.74. The molecule has 1 aliphatic heterocycles. The van der Waals surface area contributed by atoms with Crippen molar-refractivity contribution in [1.29, 1.82) is 0 Å². The van der Waals surface area contributed by atoms with Gasteiger partial charge in [-0.1, -0.05) is 11.3 Å². The smallest absolute Gasteiger partial charge is 0.326 e. The predicted molar refractivity (Wildman–Crippen MR) is 67.2 cm³/mol. The average molecular weight is 286 g/mol. The third-order valence-electron chi connectivity index (χ3n) is 2.88. The number of urea groups is 1. The van der Waals surface area contributed by atoms with Crippen LogP contribution >= 0.6 is 11.3 Å². The van der Waals surface area contributed by atoms with Gasteiger partial charge in [0.25, 0.3) is 0 Å². The van der Waals surface area contributed by atoms with Crippen LogP contribution in [0.4, 0.5) is 9.93 Å². The molecule has 2 amide bonds. The van der Waals surface area contributed by atoms with Gasteiger partial charge in [0, 0.05) is 20.1 Å². The van der Waals surface area contributed by atoms with Crippen molar-refractivity contribution in [3.8, 4) is 0 Å². The summed E-state index contributed by atoms with van der Waals surface area (Å²) in [7, 11) is 1.50. The van der Waals surface area contributed by atoms with E-state index in [2.05, 4.69) is 15.5 Å². The first-order chi connectivity index (χ1) is 9.01. The van der Waals surface area contributed by atoms with E-state index in [0.717, 1.165) is 5.01 Å². The fourth-order valence-corrected chi connectivity index (χ4v) is 2.52. The Morgan fingerprint density at radius 3 is 2.79 bits per heavy atom. The normalized spacial score (nSPS) is 22.5. The molecule has 0 aliphatic carbocycles. The van der Waals surface area contributed by atoms with Crippen LogP contribution in [-0.2, 0) is 9.53 Å². The lowest BCUT2D eigenvalue weighted by Crippen LogP contribution is -2.43. The number of carboxylic acids is 1. The third-order valence-corrected chi connectivity index (χ3v) is 3.64. The summed E-state index contributed by atoms with van der Waals surface area (Å²) in [4.78, 5) is 24.4. The molecular weight excluding hydrogens is 272 g/mol. The van der Waals surface area contributed by atoms with Crippen molar-refractivity contribution >= 4 is 28.5 Å². The summed E-state index contributed by atoms with van der Waals surface area (Å²) in [5.41, 5.74) is 0. The lowest BCUT2D eigenvalue weighted by atomic mass is 10.2. The third kappa shape index (κ3) is 2.99. The van der Waals surface area contributed by atoms with E-state index in [4.69, 9.17) is 9.84 Å². The number of amides is 2. The lowest BCUT2D eigenvalue weighted by molar-refractivity contribution is -0.141. The molecule has 1 aromatic heterocycles. The van der Waals surface area contributed by atoms with Crippen molar-refractivity contribution in [2.45, 2.75) is 25.5 Å². The molecule has 0 radical (unpaired) electrons. The minimum absolute atomic E-state index is 0.247. The number of aromatic nitrogens is 2. The first-order valence-electron chi connectivity index (χ1n) is 5.64. The fourth-order valence-electron chi connectivity index (χ4n) is 1.94. The standard InChI is InChI=1S/C10H14N4O4S/c1-5-12-13-9(19-5)11-10(17)14-4-6(18-2)3-7(14)8(15)16/h6-7H,3-4H2,1-2H3,(H,15,16)(H,11,13,17). The zero-order chi connectivity index (χ0) is 14.0. The number of nitrogens with zero attached hydrogens (tertiary/aromatic N) is 3. The van der Waals surface area contributed by atoms with Crippen LogP contribution in [0.2, 0.25) is 0 Å². The van der Waals surface area contributed by atoms with Crippen molar-refractivity contribution in [3.63, 3.8) is 0 Å². The number of hydrogen-bond donors (Lipinski definition) is 2. The number of aryl methyl sites for hydroxylation is 1. The topological polar surface area (TPSA) is 105 Å². The maximum atomic E-state index is 12.0. The van der Waals surface area contributed by atoms with Gasteiger partial charge in [0.1, 0.15) is 11.0 Å². The lowest BCUT2D eigenvalue weighted by Gasteiger charge is -2.20. The van der Waals surface area contributed by atoms with E-state index in [-0.39, 0.29) is 19.1 Å². The van der Waals surface area contributed by atoms with E-state index in [1.165, 1.54) is 23.3 Å². The van der Waals surface area contributed by atoms with Crippen LogP contribution in [0.25, 0.3) is 0 Å². The van der Waals surface area contributed by atoms with Gasteiger partial charge in [0.15, 0.2) is 0 Å². The van der Waals surface area contributed by atoms with Gasteiger partial charge in [0.2, 0.25) is 5.13 Å². The number of methoxy groups -OCH3 is 1. The molecule has 2 unspecified atom stereocenters. The SMILES string of the molecule is COC1CC(C(=O)O)N(C(=O)Nc2nnc(C)s2)C1. The van der Waals surface area contributed by atoms with Gasteiger partial charge in [0.05, 0.1) is 6.10 Å². The number of carboxylic acid groups (broad SMARTS) is 1. The quantitative estimate of drug-likeness (QED) is 0.841. The Morgan fingerprint density at radius 2 is 2.26 bits per heavy atom. The van der Waals surface area contributed by atoms with Gasteiger partial charge < -0.3 is 14.7 Å². The summed E-state index contributed by atoms with van der Waals surface area (Å²) in [5.74, 6) is -1.04. The number of likely N-dealkylation sites (tertiary alicyclic amines) is 1. The summed E-state index contributed by atoms with van der Waals surface area (Å²) in [6.07, 6.45) is 0.0250. The fraction of sp³-hybridized carbons (Fsp3) is 0.600. The van der Waals surface area contributed by atoms with Crippen molar-refractivity contribution in [3.05, 3.63) is 5.01 Å². The number of rotatable bonds is 3. The molecule has 9 heteroatoms. The maximum Gasteiger partial charge on any atom is 0.326 e. The van der Waals surface area contributed by atoms with Crippen LogP contribution in [0.1, 0.15) is 11.4 Å². The first-order valence-corrected chi connectivity index (χ1v) is 6.46.